The Bertz CT molecular complexity index is 424. The monoisotopic (exact) mass is 391 g/mol. The maximum Gasteiger partial charge on any atom is 0.243 e. The lowest BCUT2D eigenvalue weighted by Gasteiger charge is -2.02. The van der Waals surface area contributed by atoms with Gasteiger partial charge < -0.3 is 0 Å². The average molecular weight is 392 g/mol. The van der Waals surface area contributed by atoms with Gasteiger partial charge in [-0.1, -0.05) is 110 Å². The van der Waals surface area contributed by atoms with Gasteiger partial charge in [-0.25, -0.2) is 9.13 Å². The van der Waals surface area contributed by atoms with Crippen LogP contribution in [-0.2, 0) is 13.1 Å². The largest absolute Gasteiger partial charge is 0.243 e. The molecular formula is C26H51N2+. The highest BCUT2D eigenvalue weighted by Crippen LogP contribution is 2.12. The summed E-state index contributed by atoms with van der Waals surface area (Å²) in [6.07, 6.45) is 33.8. The summed E-state index contributed by atoms with van der Waals surface area (Å²) in [4.78, 5) is 0. The van der Waals surface area contributed by atoms with Gasteiger partial charge in [0.25, 0.3) is 0 Å². The van der Waals surface area contributed by atoms with Crippen LogP contribution in [0.4, 0.5) is 0 Å². The molecule has 1 rings (SSSR count). The summed E-state index contributed by atoms with van der Waals surface area (Å²) >= 11 is 0. The normalized spacial score (nSPS) is 11.4. The highest BCUT2D eigenvalue weighted by Gasteiger charge is 2.03. The van der Waals surface area contributed by atoms with E-state index in [1.54, 1.807) is 0 Å². The van der Waals surface area contributed by atoms with Crippen molar-refractivity contribution in [1.29, 1.82) is 0 Å². The van der Waals surface area contributed by atoms with Gasteiger partial charge in [-0.3, -0.25) is 0 Å². The van der Waals surface area contributed by atoms with Crippen molar-refractivity contribution < 1.29 is 4.57 Å². The third kappa shape index (κ3) is 15.2. The highest BCUT2D eigenvalue weighted by atomic mass is 15.1. The first-order valence-electron chi connectivity index (χ1n) is 12.9. The maximum absolute atomic E-state index is 2.38. The van der Waals surface area contributed by atoms with Gasteiger partial charge in [-0.15, -0.1) is 0 Å². The lowest BCUT2D eigenvalue weighted by Crippen LogP contribution is -2.30. The zero-order valence-corrected chi connectivity index (χ0v) is 19.5. The van der Waals surface area contributed by atoms with Gasteiger partial charge in [-0.05, 0) is 25.7 Å². The molecule has 0 saturated carbocycles. The van der Waals surface area contributed by atoms with E-state index in [4.69, 9.17) is 0 Å². The van der Waals surface area contributed by atoms with Gasteiger partial charge in [0.1, 0.15) is 12.4 Å². The molecule has 28 heavy (non-hydrogen) atoms. The minimum absolute atomic E-state index is 1.19. The second-order valence-corrected chi connectivity index (χ2v) is 8.90. The number of unbranched alkanes of at least 4 members (excludes halogenated alkanes) is 17. The van der Waals surface area contributed by atoms with Gasteiger partial charge in [0.05, 0.1) is 13.1 Å². The second-order valence-electron chi connectivity index (χ2n) is 8.90. The number of rotatable bonds is 21. The Morgan fingerprint density at radius 2 is 0.964 bits per heavy atom. The molecule has 1 aromatic heterocycles. The van der Waals surface area contributed by atoms with Crippen molar-refractivity contribution >= 4 is 0 Å². The summed E-state index contributed by atoms with van der Waals surface area (Å²) in [6, 6.07) is 0. The first-order chi connectivity index (χ1) is 13.9. The Balaban J connectivity index is 1.86. The Kier molecular flexibility index (Phi) is 17.6. The summed E-state index contributed by atoms with van der Waals surface area (Å²) in [5, 5.41) is 0. The second kappa shape index (κ2) is 19.5. The fourth-order valence-corrected chi connectivity index (χ4v) is 4.09. The Hall–Kier alpha value is -0.790. The molecule has 0 N–H and O–H groups in total. The van der Waals surface area contributed by atoms with Crippen LogP contribution < -0.4 is 4.57 Å². The maximum atomic E-state index is 2.38. The smallest absolute Gasteiger partial charge is 0.237 e. The summed E-state index contributed by atoms with van der Waals surface area (Å²) in [6.45, 7) is 6.97. The SMILES string of the molecule is CCCCCCCCCCCCCCCn1cc[n+](CCCCCCCC)c1. The molecule has 0 bridgehead atoms. The van der Waals surface area contributed by atoms with Gasteiger partial charge >= 0.3 is 0 Å². The molecule has 0 atom stereocenters. The van der Waals surface area contributed by atoms with Gasteiger partial charge in [0, 0.05) is 0 Å². The predicted molar refractivity (Wildman–Crippen MR) is 124 cm³/mol. The van der Waals surface area contributed by atoms with Crippen LogP contribution >= 0.6 is 0 Å². The molecule has 1 heterocycles. The zero-order chi connectivity index (χ0) is 20.1. The summed E-state index contributed by atoms with van der Waals surface area (Å²) in [5.74, 6) is 0. The molecule has 0 aliphatic heterocycles. The Morgan fingerprint density at radius 1 is 0.536 bits per heavy atom. The van der Waals surface area contributed by atoms with Crippen molar-refractivity contribution in [3.63, 3.8) is 0 Å². The molecular weight excluding hydrogens is 340 g/mol. The minimum Gasteiger partial charge on any atom is -0.237 e. The molecule has 0 radical (unpaired) electrons. The van der Waals surface area contributed by atoms with E-state index >= 15 is 0 Å². The van der Waals surface area contributed by atoms with Crippen LogP contribution in [0.15, 0.2) is 18.7 Å². The number of hydrogen-bond donors (Lipinski definition) is 0. The predicted octanol–water partition coefficient (Wildman–Crippen LogP) is 8.23. The standard InChI is InChI=1S/C26H51N2/c1-3-5-7-9-11-12-13-14-15-16-17-19-21-23-28-25-24-27(26-28)22-20-18-10-8-6-4-2/h24-26H,3-23H2,1-2H3/q+1. The van der Waals surface area contributed by atoms with E-state index in [0.717, 1.165) is 0 Å². The van der Waals surface area contributed by atoms with Crippen molar-refractivity contribution in [1.82, 2.24) is 4.57 Å². The quantitative estimate of drug-likeness (QED) is 0.147. The number of imidazole rings is 1. The Labute approximate surface area is 177 Å². The van der Waals surface area contributed by atoms with Crippen LogP contribution in [0.5, 0.6) is 0 Å². The number of nitrogens with zero attached hydrogens (tertiary/aromatic N) is 2. The van der Waals surface area contributed by atoms with Gasteiger partial charge in [0.2, 0.25) is 6.33 Å². The van der Waals surface area contributed by atoms with E-state index in [2.05, 4.69) is 41.7 Å². The van der Waals surface area contributed by atoms with Crippen molar-refractivity contribution in [3.05, 3.63) is 18.7 Å². The molecule has 2 heteroatoms. The minimum atomic E-state index is 1.19. The molecule has 0 spiro atoms. The Morgan fingerprint density at radius 3 is 1.46 bits per heavy atom. The lowest BCUT2D eigenvalue weighted by atomic mass is 10.0. The van der Waals surface area contributed by atoms with Crippen molar-refractivity contribution in [2.45, 2.75) is 149 Å². The highest BCUT2D eigenvalue weighted by molar-refractivity contribution is 4.66. The number of aryl methyl sites for hydroxylation is 2. The molecule has 2 nitrogen and oxygen atoms in total. The molecule has 0 unspecified atom stereocenters. The molecule has 0 saturated heterocycles. The molecule has 0 aliphatic rings. The molecule has 0 aromatic carbocycles. The van der Waals surface area contributed by atoms with Crippen LogP contribution in [0.1, 0.15) is 136 Å². The van der Waals surface area contributed by atoms with Crippen LogP contribution in [0.3, 0.4) is 0 Å². The van der Waals surface area contributed by atoms with E-state index in [9.17, 15) is 0 Å². The molecule has 164 valence electrons. The lowest BCUT2D eigenvalue weighted by molar-refractivity contribution is -0.696. The van der Waals surface area contributed by atoms with Crippen molar-refractivity contribution in [2.24, 2.45) is 0 Å². The van der Waals surface area contributed by atoms with E-state index in [1.807, 2.05) is 0 Å². The molecule has 0 aliphatic carbocycles. The summed E-state index contributed by atoms with van der Waals surface area (Å²) in [7, 11) is 0. The van der Waals surface area contributed by atoms with Crippen molar-refractivity contribution in [3.8, 4) is 0 Å². The fraction of sp³-hybridized carbons (Fsp3) is 0.885. The number of hydrogen-bond acceptors (Lipinski definition) is 0. The van der Waals surface area contributed by atoms with Crippen LogP contribution in [0, 0.1) is 0 Å². The van der Waals surface area contributed by atoms with E-state index in [-0.39, 0.29) is 0 Å². The first kappa shape index (κ1) is 25.2. The third-order valence-electron chi connectivity index (χ3n) is 6.04. The van der Waals surface area contributed by atoms with Crippen molar-refractivity contribution in [2.75, 3.05) is 0 Å². The van der Waals surface area contributed by atoms with Gasteiger partial charge in [0.15, 0.2) is 0 Å². The van der Waals surface area contributed by atoms with Crippen LogP contribution in [0.2, 0.25) is 0 Å². The van der Waals surface area contributed by atoms with Gasteiger partial charge in [-0.2, -0.15) is 0 Å². The molecule has 0 fully saturated rings. The molecule has 1 aromatic rings. The third-order valence-corrected chi connectivity index (χ3v) is 6.04. The average Bonchev–Trinajstić information content (AvgIpc) is 3.16. The fourth-order valence-electron chi connectivity index (χ4n) is 4.09. The van der Waals surface area contributed by atoms with Crippen LogP contribution in [-0.4, -0.2) is 4.57 Å². The number of aromatic nitrogens is 2. The molecule has 0 amide bonds. The first-order valence-corrected chi connectivity index (χ1v) is 12.9. The zero-order valence-electron chi connectivity index (χ0n) is 19.5. The van der Waals surface area contributed by atoms with Crippen LogP contribution in [0.25, 0.3) is 0 Å². The van der Waals surface area contributed by atoms with E-state index in [0.29, 0.717) is 0 Å². The topological polar surface area (TPSA) is 8.81 Å². The summed E-state index contributed by atoms with van der Waals surface area (Å²) in [5.41, 5.74) is 0. The van der Waals surface area contributed by atoms with E-state index < -0.39 is 0 Å². The van der Waals surface area contributed by atoms with E-state index in [1.165, 1.54) is 135 Å². The summed E-state index contributed by atoms with van der Waals surface area (Å²) < 4.78 is 4.76.